The number of nitrogen functional groups attached to an aromatic ring is 1. The van der Waals surface area contributed by atoms with E-state index in [9.17, 15) is 9.50 Å². The molecule has 2 aromatic carbocycles. The summed E-state index contributed by atoms with van der Waals surface area (Å²) in [6.07, 6.45) is 6.72. The van der Waals surface area contributed by atoms with Gasteiger partial charge in [-0.05, 0) is 84.7 Å². The summed E-state index contributed by atoms with van der Waals surface area (Å²) in [5.74, 6) is 0.783. The molecule has 2 aliphatic rings. The Morgan fingerprint density at radius 3 is 2.65 bits per heavy atom. The summed E-state index contributed by atoms with van der Waals surface area (Å²) < 4.78 is 19.3. The Balaban J connectivity index is 1.84. The van der Waals surface area contributed by atoms with Gasteiger partial charge in [-0.25, -0.2) is 4.39 Å². The standard InChI is InChI=1S/C22H22FNO2/c23-17-8-9-18(20(24)12-17)19(13-21(25)14-3-1-4-14)16-7-6-15-5-2-10-26-22(15)11-16/h6-9,11-13,25H,1-5,10,24H2/b19-13+. The minimum Gasteiger partial charge on any atom is -0.508 e. The lowest BCUT2D eigenvalue weighted by atomic mass is 9.88. The number of hydrogen-bond acceptors (Lipinski definition) is 3. The molecule has 1 aliphatic heterocycles. The molecule has 4 heteroatoms. The monoisotopic (exact) mass is 351 g/mol. The number of anilines is 1. The quantitative estimate of drug-likeness (QED) is 0.593. The molecular formula is C22H22FNO2. The summed E-state index contributed by atoms with van der Waals surface area (Å²) in [6.45, 7) is 0.712. The number of rotatable bonds is 3. The summed E-state index contributed by atoms with van der Waals surface area (Å²) in [5.41, 5.74) is 11.1. The van der Waals surface area contributed by atoms with Crippen molar-refractivity contribution < 1.29 is 14.2 Å². The van der Waals surface area contributed by atoms with E-state index in [2.05, 4.69) is 6.07 Å². The molecule has 3 N–H and O–H groups in total. The highest BCUT2D eigenvalue weighted by molar-refractivity contribution is 5.87. The molecule has 3 nitrogen and oxygen atoms in total. The highest BCUT2D eigenvalue weighted by Gasteiger charge is 2.18. The molecule has 2 aromatic rings. The summed E-state index contributed by atoms with van der Waals surface area (Å²) in [6, 6.07) is 10.4. The van der Waals surface area contributed by atoms with Crippen LogP contribution in [-0.2, 0) is 6.42 Å². The van der Waals surface area contributed by atoms with Gasteiger partial charge in [0.25, 0.3) is 0 Å². The Kier molecular flexibility index (Phi) is 4.41. The number of nitrogens with two attached hydrogens (primary N) is 1. The topological polar surface area (TPSA) is 55.5 Å². The molecule has 1 aliphatic carbocycles. The van der Waals surface area contributed by atoms with Gasteiger partial charge < -0.3 is 15.6 Å². The second-order valence-electron chi connectivity index (χ2n) is 6.91. The van der Waals surface area contributed by atoms with Crippen LogP contribution < -0.4 is 10.5 Å². The van der Waals surface area contributed by atoms with Crippen molar-refractivity contribution in [3.8, 4) is 5.75 Å². The van der Waals surface area contributed by atoms with Crippen molar-refractivity contribution in [2.24, 2.45) is 0 Å². The molecule has 0 unspecified atom stereocenters. The molecule has 0 amide bonds. The number of ether oxygens (including phenoxy) is 1. The number of hydrogen-bond donors (Lipinski definition) is 2. The van der Waals surface area contributed by atoms with E-state index in [4.69, 9.17) is 10.5 Å². The van der Waals surface area contributed by atoms with E-state index in [1.165, 1.54) is 17.7 Å². The van der Waals surface area contributed by atoms with Gasteiger partial charge in [0, 0.05) is 11.3 Å². The van der Waals surface area contributed by atoms with Gasteiger partial charge >= 0.3 is 0 Å². The third-order valence-corrected chi connectivity index (χ3v) is 5.13. The van der Waals surface area contributed by atoms with Crippen LogP contribution in [0, 0.1) is 5.82 Å². The molecule has 0 bridgehead atoms. The van der Waals surface area contributed by atoms with Gasteiger partial charge in [0.15, 0.2) is 0 Å². The van der Waals surface area contributed by atoms with E-state index in [1.807, 2.05) is 12.1 Å². The molecule has 0 atom stereocenters. The number of halogens is 1. The lowest BCUT2D eigenvalue weighted by Gasteiger charge is -2.20. The van der Waals surface area contributed by atoms with Gasteiger partial charge in [-0.2, -0.15) is 0 Å². The van der Waals surface area contributed by atoms with E-state index in [0.717, 1.165) is 54.6 Å². The highest BCUT2D eigenvalue weighted by atomic mass is 19.1. The summed E-state index contributed by atoms with van der Waals surface area (Å²) in [4.78, 5) is 0. The third-order valence-electron chi connectivity index (χ3n) is 5.13. The summed E-state index contributed by atoms with van der Waals surface area (Å²) >= 11 is 0. The van der Waals surface area contributed by atoms with Crippen molar-refractivity contribution in [3.63, 3.8) is 0 Å². The Morgan fingerprint density at radius 1 is 1.08 bits per heavy atom. The van der Waals surface area contributed by atoms with Gasteiger partial charge in [-0.3, -0.25) is 0 Å². The molecule has 0 aromatic heterocycles. The minimum absolute atomic E-state index is 0.286. The van der Waals surface area contributed by atoms with E-state index >= 15 is 0 Å². The van der Waals surface area contributed by atoms with Crippen LogP contribution in [0.15, 0.2) is 53.8 Å². The SMILES string of the molecule is Nc1cc(F)ccc1/C(=C/C(O)=C1CCC1)c1ccc2c(c1)OCCC2. The number of aliphatic hydroxyl groups excluding tert-OH is 1. The number of fused-ring (bicyclic) bond motifs is 1. The second-order valence-corrected chi connectivity index (χ2v) is 6.91. The number of aliphatic hydroxyl groups is 1. The van der Waals surface area contributed by atoms with Crippen LogP contribution in [0.25, 0.3) is 5.57 Å². The van der Waals surface area contributed by atoms with Crippen molar-refractivity contribution in [3.05, 3.63) is 76.3 Å². The van der Waals surface area contributed by atoms with Crippen LogP contribution in [0.1, 0.15) is 42.4 Å². The minimum atomic E-state index is -0.374. The lowest BCUT2D eigenvalue weighted by Crippen LogP contribution is -2.08. The van der Waals surface area contributed by atoms with Crippen molar-refractivity contribution in [2.75, 3.05) is 12.3 Å². The van der Waals surface area contributed by atoms with Crippen molar-refractivity contribution in [2.45, 2.75) is 32.1 Å². The largest absolute Gasteiger partial charge is 0.508 e. The van der Waals surface area contributed by atoms with E-state index in [0.29, 0.717) is 17.9 Å². The van der Waals surface area contributed by atoms with Crippen molar-refractivity contribution >= 4 is 11.3 Å². The van der Waals surface area contributed by atoms with Gasteiger partial charge in [0.2, 0.25) is 0 Å². The zero-order valence-electron chi connectivity index (χ0n) is 14.6. The molecule has 1 heterocycles. The van der Waals surface area contributed by atoms with Crippen LogP contribution in [-0.4, -0.2) is 11.7 Å². The van der Waals surface area contributed by atoms with Gasteiger partial charge in [0.1, 0.15) is 17.3 Å². The van der Waals surface area contributed by atoms with Gasteiger partial charge in [-0.15, -0.1) is 0 Å². The average molecular weight is 351 g/mol. The van der Waals surface area contributed by atoms with Crippen LogP contribution in [0.2, 0.25) is 0 Å². The molecule has 0 radical (unpaired) electrons. The smallest absolute Gasteiger partial charge is 0.125 e. The first-order chi connectivity index (χ1) is 12.6. The first-order valence-corrected chi connectivity index (χ1v) is 9.06. The van der Waals surface area contributed by atoms with Gasteiger partial charge in [0.05, 0.1) is 6.61 Å². The second kappa shape index (κ2) is 6.87. The molecule has 26 heavy (non-hydrogen) atoms. The fourth-order valence-corrected chi connectivity index (χ4v) is 3.45. The molecule has 0 saturated heterocycles. The molecular weight excluding hydrogens is 329 g/mol. The van der Waals surface area contributed by atoms with Gasteiger partial charge in [-0.1, -0.05) is 12.1 Å². The first-order valence-electron chi connectivity index (χ1n) is 9.06. The fraction of sp³-hybridized carbons (Fsp3) is 0.273. The number of aryl methyl sites for hydroxylation is 1. The van der Waals surface area contributed by atoms with Crippen LogP contribution >= 0.6 is 0 Å². The Morgan fingerprint density at radius 2 is 1.92 bits per heavy atom. The predicted molar refractivity (Wildman–Crippen MR) is 102 cm³/mol. The maximum Gasteiger partial charge on any atom is 0.125 e. The summed E-state index contributed by atoms with van der Waals surface area (Å²) in [7, 11) is 0. The zero-order valence-corrected chi connectivity index (χ0v) is 14.6. The normalized spacial score (nSPS) is 16.5. The molecule has 0 spiro atoms. The first kappa shape index (κ1) is 16.7. The van der Waals surface area contributed by atoms with Crippen LogP contribution in [0.5, 0.6) is 5.75 Å². The van der Waals surface area contributed by atoms with E-state index < -0.39 is 0 Å². The number of allylic oxidation sites excluding steroid dienone is 2. The highest BCUT2D eigenvalue weighted by Crippen LogP contribution is 2.36. The maximum absolute atomic E-state index is 13.5. The van der Waals surface area contributed by atoms with E-state index in [-0.39, 0.29) is 11.6 Å². The van der Waals surface area contributed by atoms with Crippen LogP contribution in [0.4, 0.5) is 10.1 Å². The zero-order chi connectivity index (χ0) is 18.1. The molecule has 1 saturated carbocycles. The van der Waals surface area contributed by atoms with Crippen LogP contribution in [0.3, 0.4) is 0 Å². The Labute approximate surface area is 152 Å². The third kappa shape index (κ3) is 3.19. The Bertz CT molecular complexity index is 908. The fourth-order valence-electron chi connectivity index (χ4n) is 3.45. The predicted octanol–water partition coefficient (Wildman–Crippen LogP) is 5.16. The summed E-state index contributed by atoms with van der Waals surface area (Å²) in [5, 5.41) is 10.5. The maximum atomic E-state index is 13.5. The average Bonchev–Trinajstić information content (AvgIpc) is 2.58. The van der Waals surface area contributed by atoms with Crippen molar-refractivity contribution in [1.82, 2.24) is 0 Å². The molecule has 134 valence electrons. The number of benzene rings is 2. The molecule has 1 fully saturated rings. The van der Waals surface area contributed by atoms with E-state index in [1.54, 1.807) is 12.1 Å². The Hall–Kier alpha value is -2.75. The molecule has 4 rings (SSSR count). The lowest BCUT2D eigenvalue weighted by molar-refractivity contribution is 0.288. The van der Waals surface area contributed by atoms with Crippen molar-refractivity contribution in [1.29, 1.82) is 0 Å².